The lowest BCUT2D eigenvalue weighted by Gasteiger charge is -2.19. The maximum atomic E-state index is 9.54. The monoisotopic (exact) mass is 243 g/mol. The van der Waals surface area contributed by atoms with E-state index in [2.05, 4.69) is 0 Å². The van der Waals surface area contributed by atoms with Crippen molar-refractivity contribution in [1.29, 1.82) is 0 Å². The molecule has 16 heavy (non-hydrogen) atoms. The summed E-state index contributed by atoms with van der Waals surface area (Å²) in [6.07, 6.45) is 0. The molecule has 4 heteroatoms. The quantitative estimate of drug-likeness (QED) is 0.882. The van der Waals surface area contributed by atoms with Crippen LogP contribution in [0.15, 0.2) is 18.2 Å². The van der Waals surface area contributed by atoms with Crippen molar-refractivity contribution in [2.75, 3.05) is 25.6 Å². The summed E-state index contributed by atoms with van der Waals surface area (Å²) < 4.78 is 5.44. The molecule has 0 bridgehead atoms. The molecule has 0 aliphatic carbocycles. The highest BCUT2D eigenvalue weighted by molar-refractivity contribution is 6.32. The molecule has 1 aromatic rings. The molecule has 0 atom stereocenters. The molecular weight excluding hydrogens is 226 g/mol. The van der Waals surface area contributed by atoms with Crippen LogP contribution in [0.25, 0.3) is 0 Å². The molecule has 0 saturated heterocycles. The smallest absolute Gasteiger partial charge is 0.138 e. The fourth-order valence-electron chi connectivity index (χ4n) is 1.14. The molecule has 0 saturated carbocycles. The lowest BCUT2D eigenvalue weighted by Crippen LogP contribution is -2.27. The zero-order chi connectivity index (χ0) is 12.3. The standard InChI is InChI=1S/C12H18ClNO2/c1-12(2,15)8-16-11-6-5-9(14(3)4)7-10(11)13/h5-7,15H,8H2,1-4H3. The minimum Gasteiger partial charge on any atom is -0.489 e. The summed E-state index contributed by atoms with van der Waals surface area (Å²) >= 11 is 6.07. The second kappa shape index (κ2) is 4.93. The Labute approximate surface area is 102 Å². The predicted octanol–water partition coefficient (Wildman–Crippen LogP) is 2.56. The Morgan fingerprint density at radius 2 is 2.00 bits per heavy atom. The van der Waals surface area contributed by atoms with Crippen molar-refractivity contribution in [3.8, 4) is 5.75 Å². The molecule has 0 aliphatic rings. The van der Waals surface area contributed by atoms with Gasteiger partial charge in [0, 0.05) is 19.8 Å². The summed E-state index contributed by atoms with van der Waals surface area (Å²) in [7, 11) is 3.89. The van der Waals surface area contributed by atoms with Gasteiger partial charge >= 0.3 is 0 Å². The fraction of sp³-hybridized carbons (Fsp3) is 0.500. The first kappa shape index (κ1) is 13.1. The molecule has 1 N–H and O–H groups in total. The van der Waals surface area contributed by atoms with Crippen molar-refractivity contribution in [1.82, 2.24) is 0 Å². The zero-order valence-corrected chi connectivity index (χ0v) is 10.9. The Balaban J connectivity index is 2.76. The molecule has 0 fully saturated rings. The fourth-order valence-corrected chi connectivity index (χ4v) is 1.37. The Hall–Kier alpha value is -0.930. The third-order valence-corrected chi connectivity index (χ3v) is 2.31. The van der Waals surface area contributed by atoms with Gasteiger partial charge < -0.3 is 14.7 Å². The summed E-state index contributed by atoms with van der Waals surface area (Å²) in [6, 6.07) is 5.57. The number of hydrogen-bond donors (Lipinski definition) is 1. The number of halogens is 1. The van der Waals surface area contributed by atoms with Gasteiger partial charge in [-0.15, -0.1) is 0 Å². The van der Waals surface area contributed by atoms with Gasteiger partial charge in [0.25, 0.3) is 0 Å². The second-order valence-corrected chi connectivity index (χ2v) is 5.02. The van der Waals surface area contributed by atoms with Crippen molar-refractivity contribution >= 4 is 17.3 Å². The van der Waals surface area contributed by atoms with Gasteiger partial charge in [-0.2, -0.15) is 0 Å². The van der Waals surface area contributed by atoms with Gasteiger partial charge in [-0.3, -0.25) is 0 Å². The highest BCUT2D eigenvalue weighted by Gasteiger charge is 2.14. The van der Waals surface area contributed by atoms with Gasteiger partial charge in [-0.1, -0.05) is 11.6 Å². The van der Waals surface area contributed by atoms with Crippen LogP contribution in [0.5, 0.6) is 5.75 Å². The Morgan fingerprint density at radius 1 is 1.38 bits per heavy atom. The molecule has 90 valence electrons. The number of rotatable bonds is 4. The van der Waals surface area contributed by atoms with E-state index in [1.165, 1.54) is 0 Å². The van der Waals surface area contributed by atoms with Crippen LogP contribution in [0.4, 0.5) is 5.69 Å². The molecular formula is C12H18ClNO2. The molecule has 0 spiro atoms. The van der Waals surface area contributed by atoms with E-state index in [1.807, 2.05) is 37.2 Å². The van der Waals surface area contributed by atoms with Crippen LogP contribution < -0.4 is 9.64 Å². The first-order chi connectivity index (χ1) is 7.29. The topological polar surface area (TPSA) is 32.7 Å². The van der Waals surface area contributed by atoms with Gasteiger partial charge in [0.15, 0.2) is 0 Å². The summed E-state index contributed by atoms with van der Waals surface area (Å²) in [5.41, 5.74) is 0.157. The Kier molecular flexibility index (Phi) is 4.05. The third kappa shape index (κ3) is 3.91. The summed E-state index contributed by atoms with van der Waals surface area (Å²) in [5.74, 6) is 0.592. The molecule has 0 radical (unpaired) electrons. The molecule has 0 aliphatic heterocycles. The van der Waals surface area contributed by atoms with Crippen LogP contribution in [0.3, 0.4) is 0 Å². The summed E-state index contributed by atoms with van der Waals surface area (Å²) in [4.78, 5) is 1.96. The minimum atomic E-state index is -0.858. The van der Waals surface area contributed by atoms with E-state index in [0.29, 0.717) is 10.8 Å². The normalized spacial score (nSPS) is 11.4. The maximum absolute atomic E-state index is 9.54. The zero-order valence-electron chi connectivity index (χ0n) is 10.1. The lowest BCUT2D eigenvalue weighted by molar-refractivity contribution is 0.0285. The summed E-state index contributed by atoms with van der Waals surface area (Å²) in [5, 5.41) is 10.1. The van der Waals surface area contributed by atoms with E-state index in [-0.39, 0.29) is 6.61 Å². The van der Waals surface area contributed by atoms with E-state index >= 15 is 0 Å². The number of hydrogen-bond acceptors (Lipinski definition) is 3. The van der Waals surface area contributed by atoms with E-state index in [9.17, 15) is 5.11 Å². The van der Waals surface area contributed by atoms with Crippen LogP contribution in [0, 0.1) is 0 Å². The molecule has 0 aromatic heterocycles. The number of nitrogens with zero attached hydrogens (tertiary/aromatic N) is 1. The molecule has 1 rings (SSSR count). The molecule has 0 amide bonds. The van der Waals surface area contributed by atoms with Crippen molar-refractivity contribution in [3.63, 3.8) is 0 Å². The van der Waals surface area contributed by atoms with E-state index in [0.717, 1.165) is 5.69 Å². The van der Waals surface area contributed by atoms with Crippen LogP contribution in [0.1, 0.15) is 13.8 Å². The van der Waals surface area contributed by atoms with Gasteiger partial charge in [0.2, 0.25) is 0 Å². The second-order valence-electron chi connectivity index (χ2n) is 4.61. The molecule has 0 heterocycles. The molecule has 0 unspecified atom stereocenters. The van der Waals surface area contributed by atoms with Crippen molar-refractivity contribution in [2.45, 2.75) is 19.4 Å². The van der Waals surface area contributed by atoms with E-state index in [1.54, 1.807) is 13.8 Å². The lowest BCUT2D eigenvalue weighted by atomic mass is 10.2. The van der Waals surface area contributed by atoms with Crippen LogP contribution in [-0.2, 0) is 0 Å². The first-order valence-electron chi connectivity index (χ1n) is 5.12. The highest BCUT2D eigenvalue weighted by atomic mass is 35.5. The van der Waals surface area contributed by atoms with Gasteiger partial charge in [-0.05, 0) is 32.0 Å². The number of anilines is 1. The van der Waals surface area contributed by atoms with Gasteiger partial charge in [0.05, 0.1) is 10.6 Å². The van der Waals surface area contributed by atoms with Crippen molar-refractivity contribution < 1.29 is 9.84 Å². The number of aliphatic hydroxyl groups is 1. The van der Waals surface area contributed by atoms with Crippen molar-refractivity contribution in [2.24, 2.45) is 0 Å². The molecule has 1 aromatic carbocycles. The summed E-state index contributed by atoms with van der Waals surface area (Å²) in [6.45, 7) is 3.60. The SMILES string of the molecule is CN(C)c1ccc(OCC(C)(C)O)c(Cl)c1. The van der Waals surface area contributed by atoms with Gasteiger partial charge in [0.1, 0.15) is 12.4 Å². The maximum Gasteiger partial charge on any atom is 0.138 e. The van der Waals surface area contributed by atoms with Crippen molar-refractivity contribution in [3.05, 3.63) is 23.2 Å². The number of ether oxygens (including phenoxy) is 1. The third-order valence-electron chi connectivity index (χ3n) is 2.01. The van der Waals surface area contributed by atoms with Gasteiger partial charge in [-0.25, -0.2) is 0 Å². The highest BCUT2D eigenvalue weighted by Crippen LogP contribution is 2.29. The number of benzene rings is 1. The first-order valence-corrected chi connectivity index (χ1v) is 5.49. The Morgan fingerprint density at radius 3 is 2.44 bits per heavy atom. The molecule has 3 nitrogen and oxygen atoms in total. The largest absolute Gasteiger partial charge is 0.489 e. The van der Waals surface area contributed by atoms with Crippen LogP contribution >= 0.6 is 11.6 Å². The average Bonchev–Trinajstić information content (AvgIpc) is 2.14. The average molecular weight is 244 g/mol. The van der Waals surface area contributed by atoms with Crippen LogP contribution in [-0.4, -0.2) is 31.4 Å². The Bertz CT molecular complexity index is 359. The van der Waals surface area contributed by atoms with Crippen LogP contribution in [0.2, 0.25) is 5.02 Å². The van der Waals surface area contributed by atoms with E-state index in [4.69, 9.17) is 16.3 Å². The minimum absolute atomic E-state index is 0.216. The predicted molar refractivity (Wildman–Crippen MR) is 67.6 cm³/mol. The van der Waals surface area contributed by atoms with E-state index < -0.39 is 5.60 Å².